The summed E-state index contributed by atoms with van der Waals surface area (Å²) in [5.41, 5.74) is -0.0332. The summed E-state index contributed by atoms with van der Waals surface area (Å²) in [7, 11) is 0. The third-order valence-corrected chi connectivity index (χ3v) is 2.38. The Labute approximate surface area is 103 Å². The van der Waals surface area contributed by atoms with Gasteiger partial charge in [-0.3, -0.25) is 4.79 Å². The van der Waals surface area contributed by atoms with Gasteiger partial charge < -0.3 is 9.15 Å². The molecule has 0 bridgehead atoms. The smallest absolute Gasteiger partial charge is 0.336 e. The fourth-order valence-corrected chi connectivity index (χ4v) is 1.51. The molecule has 2 aromatic rings. The predicted molar refractivity (Wildman–Crippen MR) is 67.6 cm³/mol. The standard InChI is InChI=1S/C14H12O4/c1-2-3-4-13(15)17-11-7-5-10-6-8-14(16)18-12(10)9-11/h2,5-9H,1,3-4H2. The van der Waals surface area contributed by atoms with E-state index in [1.54, 1.807) is 24.3 Å². The Kier molecular flexibility index (Phi) is 3.57. The Morgan fingerprint density at radius 3 is 2.89 bits per heavy atom. The molecule has 1 aromatic carbocycles. The molecule has 0 aliphatic carbocycles. The summed E-state index contributed by atoms with van der Waals surface area (Å²) in [6.45, 7) is 3.53. The van der Waals surface area contributed by atoms with E-state index in [-0.39, 0.29) is 12.4 Å². The maximum Gasteiger partial charge on any atom is 0.336 e. The van der Waals surface area contributed by atoms with Crippen LogP contribution in [0.3, 0.4) is 0 Å². The molecule has 0 atom stereocenters. The van der Waals surface area contributed by atoms with Gasteiger partial charge in [-0.2, -0.15) is 0 Å². The second-order valence-electron chi connectivity index (χ2n) is 3.76. The van der Waals surface area contributed by atoms with Crippen LogP contribution in [0.4, 0.5) is 0 Å². The molecule has 0 amide bonds. The highest BCUT2D eigenvalue weighted by Crippen LogP contribution is 2.19. The molecule has 0 fully saturated rings. The summed E-state index contributed by atoms with van der Waals surface area (Å²) < 4.78 is 10.1. The molecule has 1 heterocycles. The maximum atomic E-state index is 11.4. The largest absolute Gasteiger partial charge is 0.426 e. The Hall–Kier alpha value is -2.36. The van der Waals surface area contributed by atoms with E-state index in [4.69, 9.17) is 9.15 Å². The fraction of sp³-hybridized carbons (Fsp3) is 0.143. The van der Waals surface area contributed by atoms with Gasteiger partial charge in [0.2, 0.25) is 0 Å². The molecule has 92 valence electrons. The van der Waals surface area contributed by atoms with Crippen molar-refractivity contribution in [2.45, 2.75) is 12.8 Å². The molecule has 18 heavy (non-hydrogen) atoms. The van der Waals surface area contributed by atoms with Gasteiger partial charge in [-0.05, 0) is 24.6 Å². The topological polar surface area (TPSA) is 56.5 Å². The highest BCUT2D eigenvalue weighted by Gasteiger charge is 2.05. The quantitative estimate of drug-likeness (QED) is 0.359. The molecule has 0 unspecified atom stereocenters. The Morgan fingerprint density at radius 1 is 1.33 bits per heavy atom. The minimum absolute atomic E-state index is 0.278. The van der Waals surface area contributed by atoms with Crippen LogP contribution in [0.25, 0.3) is 11.0 Å². The molecular formula is C14H12O4. The van der Waals surface area contributed by atoms with Crippen molar-refractivity contribution < 1.29 is 13.9 Å². The number of ether oxygens (including phenoxy) is 1. The Bertz CT molecular complexity index is 640. The second kappa shape index (κ2) is 5.31. The van der Waals surface area contributed by atoms with Gasteiger partial charge in [-0.25, -0.2) is 4.79 Å². The van der Waals surface area contributed by atoms with Gasteiger partial charge in [0.15, 0.2) is 0 Å². The summed E-state index contributed by atoms with van der Waals surface area (Å²) in [5, 5.41) is 0.778. The fourth-order valence-electron chi connectivity index (χ4n) is 1.51. The monoisotopic (exact) mass is 244 g/mol. The van der Waals surface area contributed by atoms with Crippen molar-refractivity contribution in [1.29, 1.82) is 0 Å². The number of carbonyl (C=O) groups is 1. The number of rotatable bonds is 4. The van der Waals surface area contributed by atoms with E-state index in [2.05, 4.69) is 6.58 Å². The van der Waals surface area contributed by atoms with E-state index >= 15 is 0 Å². The molecular weight excluding hydrogens is 232 g/mol. The Balaban J connectivity index is 2.21. The van der Waals surface area contributed by atoms with E-state index in [1.165, 1.54) is 12.1 Å². The van der Waals surface area contributed by atoms with Crippen molar-refractivity contribution in [2.24, 2.45) is 0 Å². The van der Waals surface area contributed by atoms with E-state index < -0.39 is 5.63 Å². The summed E-state index contributed by atoms with van der Waals surface area (Å²) in [6.07, 6.45) is 2.50. The van der Waals surface area contributed by atoms with E-state index in [0.717, 1.165) is 5.39 Å². The summed E-state index contributed by atoms with van der Waals surface area (Å²) >= 11 is 0. The van der Waals surface area contributed by atoms with Gasteiger partial charge in [0.25, 0.3) is 0 Å². The van der Waals surface area contributed by atoms with Crippen LogP contribution < -0.4 is 10.4 Å². The predicted octanol–water partition coefficient (Wildman–Crippen LogP) is 2.66. The highest BCUT2D eigenvalue weighted by molar-refractivity contribution is 5.79. The maximum absolute atomic E-state index is 11.4. The second-order valence-corrected chi connectivity index (χ2v) is 3.76. The average Bonchev–Trinajstić information content (AvgIpc) is 2.36. The zero-order valence-electron chi connectivity index (χ0n) is 9.72. The number of allylic oxidation sites excluding steroid dienone is 1. The van der Waals surface area contributed by atoms with Gasteiger partial charge in [-0.15, -0.1) is 6.58 Å². The molecule has 0 saturated carbocycles. The van der Waals surface area contributed by atoms with Crippen LogP contribution in [0, 0.1) is 0 Å². The average molecular weight is 244 g/mol. The normalized spacial score (nSPS) is 10.2. The number of hydrogen-bond acceptors (Lipinski definition) is 4. The van der Waals surface area contributed by atoms with E-state index in [1.807, 2.05) is 0 Å². The Morgan fingerprint density at radius 2 is 2.11 bits per heavy atom. The van der Waals surface area contributed by atoms with Crippen LogP contribution in [0.2, 0.25) is 0 Å². The molecule has 0 aliphatic rings. The first-order valence-corrected chi connectivity index (χ1v) is 5.54. The van der Waals surface area contributed by atoms with E-state index in [9.17, 15) is 9.59 Å². The lowest BCUT2D eigenvalue weighted by Gasteiger charge is -2.04. The van der Waals surface area contributed by atoms with Crippen molar-refractivity contribution >= 4 is 16.9 Å². The number of fused-ring (bicyclic) bond motifs is 1. The summed E-state index contributed by atoms with van der Waals surface area (Å²) in [4.78, 5) is 22.5. The van der Waals surface area contributed by atoms with Gasteiger partial charge >= 0.3 is 11.6 Å². The van der Waals surface area contributed by atoms with Crippen molar-refractivity contribution in [3.63, 3.8) is 0 Å². The molecule has 0 saturated heterocycles. The van der Waals surface area contributed by atoms with Gasteiger partial charge in [0, 0.05) is 23.9 Å². The third kappa shape index (κ3) is 2.85. The lowest BCUT2D eigenvalue weighted by atomic mass is 10.2. The molecule has 0 N–H and O–H groups in total. The number of esters is 1. The van der Waals surface area contributed by atoms with Gasteiger partial charge in [0.1, 0.15) is 11.3 Å². The van der Waals surface area contributed by atoms with Crippen LogP contribution in [-0.2, 0) is 4.79 Å². The lowest BCUT2D eigenvalue weighted by Crippen LogP contribution is -2.07. The number of benzene rings is 1. The van der Waals surface area contributed by atoms with Gasteiger partial charge in [-0.1, -0.05) is 6.08 Å². The first-order valence-electron chi connectivity index (χ1n) is 5.54. The van der Waals surface area contributed by atoms with Gasteiger partial charge in [0.05, 0.1) is 0 Å². The number of hydrogen-bond donors (Lipinski definition) is 0. The molecule has 4 heteroatoms. The SMILES string of the molecule is C=CCCC(=O)Oc1ccc2ccc(=O)oc2c1. The minimum Gasteiger partial charge on any atom is -0.426 e. The summed E-state index contributed by atoms with van der Waals surface area (Å²) in [6, 6.07) is 7.92. The molecule has 2 rings (SSSR count). The zero-order valence-corrected chi connectivity index (χ0v) is 9.72. The van der Waals surface area contributed by atoms with E-state index in [0.29, 0.717) is 17.8 Å². The van der Waals surface area contributed by atoms with Crippen LogP contribution in [0.5, 0.6) is 5.75 Å². The molecule has 1 aromatic heterocycles. The first kappa shape index (κ1) is 12.1. The summed E-state index contributed by atoms with van der Waals surface area (Å²) in [5.74, 6) is 0.0263. The number of carbonyl (C=O) groups excluding carboxylic acids is 1. The van der Waals surface area contributed by atoms with Crippen LogP contribution in [0.1, 0.15) is 12.8 Å². The first-order chi connectivity index (χ1) is 8.69. The lowest BCUT2D eigenvalue weighted by molar-refractivity contribution is -0.134. The zero-order chi connectivity index (χ0) is 13.0. The third-order valence-electron chi connectivity index (χ3n) is 2.38. The van der Waals surface area contributed by atoms with Crippen LogP contribution in [-0.4, -0.2) is 5.97 Å². The van der Waals surface area contributed by atoms with Crippen LogP contribution >= 0.6 is 0 Å². The molecule has 0 spiro atoms. The van der Waals surface area contributed by atoms with Crippen molar-refractivity contribution in [1.82, 2.24) is 0 Å². The molecule has 4 nitrogen and oxygen atoms in total. The van der Waals surface area contributed by atoms with Crippen molar-refractivity contribution in [3.05, 3.63) is 53.4 Å². The molecule has 0 aliphatic heterocycles. The molecule has 0 radical (unpaired) electrons. The van der Waals surface area contributed by atoms with Crippen molar-refractivity contribution in [2.75, 3.05) is 0 Å². The minimum atomic E-state index is -0.433. The van der Waals surface area contributed by atoms with Crippen molar-refractivity contribution in [3.8, 4) is 5.75 Å². The highest BCUT2D eigenvalue weighted by atomic mass is 16.5. The van der Waals surface area contributed by atoms with Crippen LogP contribution in [0.15, 0.2) is 52.2 Å².